The molecule has 3 aromatic carbocycles. The number of halogens is 1. The van der Waals surface area contributed by atoms with Crippen LogP contribution in [0.15, 0.2) is 84.9 Å². The van der Waals surface area contributed by atoms with Crippen LogP contribution in [0.4, 0.5) is 0 Å². The zero-order chi connectivity index (χ0) is 17.9. The van der Waals surface area contributed by atoms with Crippen LogP contribution in [0.1, 0.15) is 0 Å². The van der Waals surface area contributed by atoms with Crippen molar-refractivity contribution in [3.63, 3.8) is 0 Å². The molecule has 4 heteroatoms. The predicted octanol–water partition coefficient (Wildman–Crippen LogP) is 5.87. The minimum atomic E-state index is 0.700. The van der Waals surface area contributed by atoms with Gasteiger partial charge in [0.25, 0.3) is 0 Å². The Balaban J connectivity index is 1.89. The lowest BCUT2D eigenvalue weighted by molar-refractivity contribution is 0.415. The second kappa shape index (κ2) is 7.06. The van der Waals surface area contributed by atoms with Crippen molar-refractivity contribution in [1.29, 1.82) is 0 Å². The topological polar surface area (TPSA) is 27.1 Å². The third-order valence-electron chi connectivity index (χ3n) is 4.25. The molecule has 0 saturated heterocycles. The van der Waals surface area contributed by atoms with Gasteiger partial charge in [-0.15, -0.1) is 0 Å². The molecule has 0 atom stereocenters. The summed E-state index contributed by atoms with van der Waals surface area (Å²) in [6, 6.07) is 27.8. The molecular weight excluding hydrogens is 344 g/mol. The second-order valence-corrected chi connectivity index (χ2v) is 6.28. The van der Waals surface area contributed by atoms with E-state index >= 15 is 0 Å². The summed E-state index contributed by atoms with van der Waals surface area (Å²) >= 11 is 6.46. The molecule has 26 heavy (non-hydrogen) atoms. The quantitative estimate of drug-likeness (QED) is 0.455. The predicted molar refractivity (Wildman–Crippen MR) is 106 cm³/mol. The van der Waals surface area contributed by atoms with Gasteiger partial charge in [-0.2, -0.15) is 5.10 Å². The molecule has 0 unspecified atom stereocenters. The molecule has 4 aromatic rings. The number of hydrogen-bond acceptors (Lipinski definition) is 2. The number of methoxy groups -OCH3 is 1. The Morgan fingerprint density at radius 2 is 1.54 bits per heavy atom. The molecule has 0 aliphatic carbocycles. The molecule has 0 aliphatic heterocycles. The van der Waals surface area contributed by atoms with E-state index in [9.17, 15) is 0 Å². The summed E-state index contributed by atoms with van der Waals surface area (Å²) < 4.78 is 7.18. The highest BCUT2D eigenvalue weighted by molar-refractivity contribution is 6.33. The largest absolute Gasteiger partial charge is 0.497 e. The maximum absolute atomic E-state index is 6.46. The summed E-state index contributed by atoms with van der Waals surface area (Å²) in [6.45, 7) is 0. The average Bonchev–Trinajstić information content (AvgIpc) is 3.14. The zero-order valence-electron chi connectivity index (χ0n) is 14.3. The summed E-state index contributed by atoms with van der Waals surface area (Å²) in [5.74, 6) is 0.822. The van der Waals surface area contributed by atoms with Crippen molar-refractivity contribution >= 4 is 11.6 Å². The fourth-order valence-corrected chi connectivity index (χ4v) is 3.14. The van der Waals surface area contributed by atoms with Crippen LogP contribution in [0.25, 0.3) is 28.2 Å². The average molecular weight is 361 g/mol. The van der Waals surface area contributed by atoms with Crippen LogP contribution >= 0.6 is 11.6 Å². The first kappa shape index (κ1) is 16.4. The summed E-state index contributed by atoms with van der Waals surface area (Å²) in [7, 11) is 1.66. The van der Waals surface area contributed by atoms with E-state index in [2.05, 4.69) is 6.07 Å². The van der Waals surface area contributed by atoms with Crippen molar-refractivity contribution in [3.8, 4) is 34.0 Å². The van der Waals surface area contributed by atoms with Gasteiger partial charge in [0.1, 0.15) is 5.75 Å². The Hall–Kier alpha value is -3.04. The van der Waals surface area contributed by atoms with Crippen molar-refractivity contribution in [1.82, 2.24) is 9.78 Å². The zero-order valence-corrected chi connectivity index (χ0v) is 15.0. The molecule has 0 N–H and O–H groups in total. The molecule has 0 aliphatic rings. The Labute approximate surface area is 157 Å². The number of hydrogen-bond donors (Lipinski definition) is 0. The van der Waals surface area contributed by atoms with E-state index in [0.29, 0.717) is 5.02 Å². The number of aromatic nitrogens is 2. The Morgan fingerprint density at radius 3 is 2.23 bits per heavy atom. The smallest absolute Gasteiger partial charge is 0.118 e. The normalized spacial score (nSPS) is 10.7. The van der Waals surface area contributed by atoms with Gasteiger partial charge in [0, 0.05) is 16.1 Å². The van der Waals surface area contributed by atoms with Crippen molar-refractivity contribution in [3.05, 3.63) is 90.0 Å². The number of ether oxygens (including phenoxy) is 1. The van der Waals surface area contributed by atoms with E-state index < -0.39 is 0 Å². The Bertz CT molecular complexity index is 1020. The number of nitrogens with zero attached hydrogens (tertiary/aromatic N) is 2. The van der Waals surface area contributed by atoms with Gasteiger partial charge < -0.3 is 4.74 Å². The standard InChI is InChI=1S/C22H17ClN2O/c1-26-18-13-11-16(12-14-18)21-15-22(19-9-5-6-10-20(19)23)25(24-21)17-7-3-2-4-8-17/h2-15H,1H3. The van der Waals surface area contributed by atoms with Gasteiger partial charge in [-0.05, 0) is 48.5 Å². The lowest BCUT2D eigenvalue weighted by Gasteiger charge is -2.08. The Kier molecular flexibility index (Phi) is 4.46. The summed E-state index contributed by atoms with van der Waals surface area (Å²) in [5, 5.41) is 5.54. The molecule has 128 valence electrons. The van der Waals surface area contributed by atoms with Crippen molar-refractivity contribution < 1.29 is 4.74 Å². The van der Waals surface area contributed by atoms with Crippen LogP contribution in [0.5, 0.6) is 5.75 Å². The maximum Gasteiger partial charge on any atom is 0.118 e. The van der Waals surface area contributed by atoms with Crippen LogP contribution in [0, 0.1) is 0 Å². The first-order chi connectivity index (χ1) is 12.8. The van der Waals surface area contributed by atoms with E-state index in [1.54, 1.807) is 7.11 Å². The SMILES string of the molecule is COc1ccc(-c2cc(-c3ccccc3Cl)n(-c3ccccc3)n2)cc1. The van der Waals surface area contributed by atoms with E-state index in [4.69, 9.17) is 21.4 Å². The molecular formula is C22H17ClN2O. The summed E-state index contributed by atoms with van der Waals surface area (Å²) in [6.07, 6.45) is 0. The van der Waals surface area contributed by atoms with Crippen LogP contribution in [-0.4, -0.2) is 16.9 Å². The highest BCUT2D eigenvalue weighted by Gasteiger charge is 2.15. The van der Waals surface area contributed by atoms with Crippen LogP contribution in [0.3, 0.4) is 0 Å². The third-order valence-corrected chi connectivity index (χ3v) is 4.58. The highest BCUT2D eigenvalue weighted by atomic mass is 35.5. The molecule has 0 radical (unpaired) electrons. The maximum atomic E-state index is 6.46. The minimum absolute atomic E-state index is 0.700. The van der Waals surface area contributed by atoms with Gasteiger partial charge in [0.2, 0.25) is 0 Å². The van der Waals surface area contributed by atoms with Crippen LogP contribution in [-0.2, 0) is 0 Å². The summed E-state index contributed by atoms with van der Waals surface area (Å²) in [4.78, 5) is 0. The summed E-state index contributed by atoms with van der Waals surface area (Å²) in [5.41, 5.74) is 4.79. The highest BCUT2D eigenvalue weighted by Crippen LogP contribution is 2.33. The lowest BCUT2D eigenvalue weighted by Crippen LogP contribution is -1.99. The molecule has 4 rings (SSSR count). The number of rotatable bonds is 4. The van der Waals surface area contributed by atoms with E-state index in [1.807, 2.05) is 83.5 Å². The van der Waals surface area contributed by atoms with Crippen LogP contribution < -0.4 is 4.74 Å². The lowest BCUT2D eigenvalue weighted by atomic mass is 10.1. The minimum Gasteiger partial charge on any atom is -0.497 e. The van der Waals surface area contributed by atoms with Crippen molar-refractivity contribution in [2.45, 2.75) is 0 Å². The first-order valence-electron chi connectivity index (χ1n) is 8.31. The molecule has 0 fully saturated rings. The van der Waals surface area contributed by atoms with E-state index in [-0.39, 0.29) is 0 Å². The fraction of sp³-hybridized carbons (Fsp3) is 0.0455. The molecule has 1 aromatic heterocycles. The molecule has 0 amide bonds. The van der Waals surface area contributed by atoms with Gasteiger partial charge in [0.05, 0.1) is 24.2 Å². The monoisotopic (exact) mass is 360 g/mol. The molecule has 0 saturated carbocycles. The number of benzene rings is 3. The van der Waals surface area contributed by atoms with E-state index in [1.165, 1.54) is 0 Å². The first-order valence-corrected chi connectivity index (χ1v) is 8.69. The van der Waals surface area contributed by atoms with Gasteiger partial charge in [-0.3, -0.25) is 0 Å². The van der Waals surface area contributed by atoms with Crippen LogP contribution in [0.2, 0.25) is 5.02 Å². The van der Waals surface area contributed by atoms with Gasteiger partial charge in [-0.25, -0.2) is 4.68 Å². The fourth-order valence-electron chi connectivity index (χ4n) is 2.91. The molecule has 3 nitrogen and oxygen atoms in total. The van der Waals surface area contributed by atoms with Gasteiger partial charge >= 0.3 is 0 Å². The van der Waals surface area contributed by atoms with Crippen molar-refractivity contribution in [2.75, 3.05) is 7.11 Å². The van der Waals surface area contributed by atoms with E-state index in [0.717, 1.165) is 34.0 Å². The third kappa shape index (κ3) is 3.09. The molecule has 0 spiro atoms. The molecule has 0 bridgehead atoms. The number of para-hydroxylation sites is 1. The second-order valence-electron chi connectivity index (χ2n) is 5.87. The molecule has 1 heterocycles. The Morgan fingerprint density at radius 1 is 0.846 bits per heavy atom. The van der Waals surface area contributed by atoms with Gasteiger partial charge in [0.15, 0.2) is 0 Å². The van der Waals surface area contributed by atoms with Gasteiger partial charge in [-0.1, -0.05) is 48.0 Å². The van der Waals surface area contributed by atoms with Crippen molar-refractivity contribution in [2.24, 2.45) is 0 Å².